The van der Waals surface area contributed by atoms with Crippen molar-refractivity contribution in [1.29, 1.82) is 0 Å². The van der Waals surface area contributed by atoms with Gasteiger partial charge in [0.05, 0.1) is 66.1 Å². The van der Waals surface area contributed by atoms with Crippen molar-refractivity contribution < 1.29 is 41.0 Å². The van der Waals surface area contributed by atoms with Crippen LogP contribution in [0, 0.1) is 11.8 Å². The number of carbonyl (C=O) groups is 1. The highest BCUT2D eigenvalue weighted by molar-refractivity contribution is 7.91. The van der Waals surface area contributed by atoms with E-state index >= 15 is 0 Å². The molecule has 57 heavy (non-hydrogen) atoms. The third-order valence-electron chi connectivity index (χ3n) is 13.7. The van der Waals surface area contributed by atoms with Gasteiger partial charge in [0.25, 0.3) is 0 Å². The van der Waals surface area contributed by atoms with Gasteiger partial charge in [0.15, 0.2) is 26.5 Å². The number of hydrogen-bond donors (Lipinski definition) is 0. The normalized spacial score (nSPS) is 29.9. The lowest BCUT2D eigenvalue weighted by Gasteiger charge is -2.42. The van der Waals surface area contributed by atoms with Crippen LogP contribution in [0.15, 0.2) is 59.5 Å². The van der Waals surface area contributed by atoms with E-state index in [0.717, 1.165) is 49.5 Å². The molecular weight excluding hydrogens is 773 g/mol. The molecule has 0 aromatic heterocycles. The van der Waals surface area contributed by atoms with Crippen LogP contribution in [0.2, 0.25) is 36.3 Å². The van der Waals surface area contributed by atoms with Crippen LogP contribution in [0.1, 0.15) is 99.8 Å². The van der Waals surface area contributed by atoms with Gasteiger partial charge in [0, 0.05) is 32.3 Å². The first-order valence-corrected chi connectivity index (χ1v) is 28.7. The van der Waals surface area contributed by atoms with E-state index in [0.29, 0.717) is 30.8 Å². The van der Waals surface area contributed by atoms with Crippen LogP contribution >= 0.6 is 0 Å². The van der Waals surface area contributed by atoms with E-state index in [1.807, 2.05) is 6.07 Å². The molecule has 3 aliphatic heterocycles. The molecule has 324 valence electrons. The Morgan fingerprint density at radius 1 is 0.877 bits per heavy atom. The van der Waals surface area contributed by atoms with Crippen LogP contribution < -0.4 is 0 Å². The average Bonchev–Trinajstić information content (AvgIpc) is 3.63. The second kappa shape index (κ2) is 19.5. The lowest BCUT2D eigenvalue weighted by Crippen LogP contribution is -2.49. The number of hydrogen-bond acceptors (Lipinski definition) is 9. The van der Waals surface area contributed by atoms with Gasteiger partial charge in [-0.1, -0.05) is 79.8 Å². The smallest absolute Gasteiger partial charge is 0.192 e. The van der Waals surface area contributed by atoms with E-state index in [1.54, 1.807) is 31.4 Å². The second-order valence-electron chi connectivity index (χ2n) is 20.1. The summed E-state index contributed by atoms with van der Waals surface area (Å²) in [5.74, 6) is -0.348. The fraction of sp³-hybridized carbons (Fsp3) is 0.756. The van der Waals surface area contributed by atoms with Gasteiger partial charge in [-0.05, 0) is 97.6 Å². The molecular formula is C45H76O9SSi2. The Morgan fingerprint density at radius 3 is 2.11 bits per heavy atom. The van der Waals surface area contributed by atoms with Crippen LogP contribution in [0.5, 0.6) is 0 Å². The highest BCUT2D eigenvalue weighted by Crippen LogP contribution is 2.44. The Bertz CT molecular complexity index is 1600. The maximum absolute atomic E-state index is 14.1. The molecule has 3 aliphatic rings. The molecule has 0 spiro atoms. The van der Waals surface area contributed by atoms with Crippen LogP contribution in [0.3, 0.4) is 0 Å². The molecule has 1 aromatic carbocycles. The fourth-order valence-corrected chi connectivity index (χ4v) is 12.1. The van der Waals surface area contributed by atoms with Crippen LogP contribution in [0.4, 0.5) is 0 Å². The summed E-state index contributed by atoms with van der Waals surface area (Å²) in [5, 5.41) is 0.0137. The van der Waals surface area contributed by atoms with Gasteiger partial charge in [-0.3, -0.25) is 0 Å². The highest BCUT2D eigenvalue weighted by atomic mass is 32.2. The number of benzene rings is 1. The Morgan fingerprint density at radius 2 is 1.51 bits per heavy atom. The van der Waals surface area contributed by atoms with Gasteiger partial charge in [-0.15, -0.1) is 0 Å². The summed E-state index contributed by atoms with van der Waals surface area (Å²) in [6, 6.07) is 8.66. The van der Waals surface area contributed by atoms with Crippen molar-refractivity contribution in [3.05, 3.63) is 54.6 Å². The van der Waals surface area contributed by atoms with Crippen LogP contribution in [0.25, 0.3) is 0 Å². The Labute approximate surface area is 348 Å². The monoisotopic (exact) mass is 848 g/mol. The van der Waals surface area contributed by atoms with Gasteiger partial charge in [-0.25, -0.2) is 8.42 Å². The topological polar surface area (TPSA) is 107 Å². The zero-order valence-corrected chi connectivity index (χ0v) is 40.1. The van der Waals surface area contributed by atoms with Gasteiger partial charge in [0.2, 0.25) is 0 Å². The van der Waals surface area contributed by atoms with Crippen LogP contribution in [-0.2, 0) is 42.4 Å². The minimum Gasteiger partial charge on any atom is -0.414 e. The Balaban J connectivity index is 1.60. The van der Waals surface area contributed by atoms with Crippen molar-refractivity contribution >= 4 is 32.8 Å². The second-order valence-corrected chi connectivity index (χ2v) is 31.7. The Kier molecular flexibility index (Phi) is 16.5. The molecule has 3 saturated heterocycles. The lowest BCUT2D eigenvalue weighted by atomic mass is 9.83. The van der Waals surface area contributed by atoms with Crippen molar-refractivity contribution in [2.24, 2.45) is 11.8 Å². The fourth-order valence-electron chi connectivity index (χ4n) is 8.01. The summed E-state index contributed by atoms with van der Waals surface area (Å²) in [5.41, 5.74) is 2.09. The van der Waals surface area contributed by atoms with Crippen LogP contribution in [-0.4, -0.2) is 99.6 Å². The summed E-state index contributed by atoms with van der Waals surface area (Å²) in [6.45, 7) is 33.9. The zero-order valence-electron chi connectivity index (χ0n) is 37.3. The number of aldehydes is 1. The first-order chi connectivity index (χ1) is 26.4. The summed E-state index contributed by atoms with van der Waals surface area (Å²) in [4.78, 5) is 11.2. The molecule has 3 heterocycles. The van der Waals surface area contributed by atoms with Crippen molar-refractivity contribution in [3.63, 3.8) is 0 Å². The molecule has 4 unspecified atom stereocenters. The SMILES string of the molecule is C=C1C(CC2O[C@H](C[C@@H](CO[Si](C)(C)C(C)(C)C)O[Si](C)(C)C(C)(C)C)[C@H](OC)[C@H]2CS(=O)(=O)c2ccccc2)OC(CC[C@@H]2OC(CCC=O)CC2=C)C[C@H]1C. The molecule has 3 fully saturated rings. The van der Waals surface area contributed by atoms with Crippen molar-refractivity contribution in [2.75, 3.05) is 19.5 Å². The standard InChI is InChI=1S/C45H76O9SSi2/c1-31-25-35(22-23-39-32(2)26-34(51-39)19-18-24-46)52-40(33(31)3)28-41-38(30-55(47,48)37-20-16-15-17-21-37)43(49-10)42(53-41)27-36(54-57(13,14)45(7,8)9)29-50-56(11,12)44(4,5)6/h15-17,20-21,24,31,34-36,38-43H,2-3,18-19,22-23,25-30H2,1,4-14H3/t31-,34?,35?,36+,38+,39+,40?,41?,42-,43-/m1/s1. The third-order valence-corrected chi connectivity index (χ3v) is 24.6. The number of rotatable bonds is 19. The molecule has 10 atom stereocenters. The molecule has 4 rings (SSSR count). The summed E-state index contributed by atoms with van der Waals surface area (Å²) in [6.07, 6.45) is 4.44. The molecule has 12 heteroatoms. The van der Waals surface area contributed by atoms with E-state index in [2.05, 4.69) is 87.8 Å². The van der Waals surface area contributed by atoms with E-state index in [9.17, 15) is 13.2 Å². The summed E-state index contributed by atoms with van der Waals surface area (Å²) >= 11 is 0. The number of methoxy groups -OCH3 is 1. The molecule has 0 N–H and O–H groups in total. The van der Waals surface area contributed by atoms with Crippen molar-refractivity contribution in [1.82, 2.24) is 0 Å². The van der Waals surface area contributed by atoms with E-state index in [4.69, 9.17) is 27.8 Å². The maximum Gasteiger partial charge on any atom is 0.192 e. The Hall–Kier alpha value is -1.49. The molecule has 0 amide bonds. The summed E-state index contributed by atoms with van der Waals surface area (Å²) in [7, 11) is -6.37. The maximum atomic E-state index is 14.1. The first-order valence-electron chi connectivity index (χ1n) is 21.3. The minimum atomic E-state index is -3.68. The highest BCUT2D eigenvalue weighted by Gasteiger charge is 2.50. The van der Waals surface area contributed by atoms with E-state index < -0.39 is 50.7 Å². The van der Waals surface area contributed by atoms with Gasteiger partial charge < -0.3 is 32.6 Å². The van der Waals surface area contributed by atoms with E-state index in [-0.39, 0.29) is 52.3 Å². The lowest BCUT2D eigenvalue weighted by molar-refractivity contribution is -0.108. The number of ether oxygens (including phenoxy) is 4. The minimum absolute atomic E-state index is 0.0160. The predicted octanol–water partition coefficient (Wildman–Crippen LogP) is 9.87. The van der Waals surface area contributed by atoms with Crippen molar-refractivity contribution in [2.45, 2.75) is 190 Å². The third kappa shape index (κ3) is 12.5. The average molecular weight is 849 g/mol. The molecule has 0 radical (unpaired) electrons. The van der Waals surface area contributed by atoms with Gasteiger partial charge in [-0.2, -0.15) is 0 Å². The molecule has 0 aliphatic carbocycles. The summed E-state index contributed by atoms with van der Waals surface area (Å²) < 4.78 is 68.5. The molecule has 9 nitrogen and oxygen atoms in total. The zero-order chi connectivity index (χ0) is 42.6. The molecule has 0 saturated carbocycles. The number of carbonyl (C=O) groups excluding carboxylic acids is 1. The number of sulfone groups is 1. The van der Waals surface area contributed by atoms with Gasteiger partial charge in [0.1, 0.15) is 6.29 Å². The first kappa shape index (κ1) is 48.2. The predicted molar refractivity (Wildman–Crippen MR) is 234 cm³/mol. The molecule has 1 aromatic rings. The van der Waals surface area contributed by atoms with Gasteiger partial charge >= 0.3 is 0 Å². The van der Waals surface area contributed by atoms with Crippen molar-refractivity contribution in [3.8, 4) is 0 Å². The molecule has 0 bridgehead atoms. The van der Waals surface area contributed by atoms with E-state index in [1.165, 1.54) is 0 Å². The quantitative estimate of drug-likeness (QED) is 0.0764. The largest absolute Gasteiger partial charge is 0.414 e.